The van der Waals surface area contributed by atoms with Gasteiger partial charge in [-0.15, -0.1) is 0 Å². The first-order valence-corrected chi connectivity index (χ1v) is 5.84. The van der Waals surface area contributed by atoms with Gasteiger partial charge in [0, 0.05) is 24.3 Å². The average Bonchev–Trinajstić information content (AvgIpc) is 2.46. The number of nitro groups is 1. The molecule has 20 heavy (non-hydrogen) atoms. The molecular weight excluding hydrogens is 260 g/mol. The maximum Gasteiger partial charge on any atom is 0.608 e. The van der Waals surface area contributed by atoms with E-state index in [1.807, 2.05) is 12.1 Å². The summed E-state index contributed by atoms with van der Waals surface area (Å²) in [6.45, 7) is 0. The van der Waals surface area contributed by atoms with Crippen molar-refractivity contribution in [1.82, 2.24) is 0 Å². The zero-order valence-corrected chi connectivity index (χ0v) is 10.2. The second-order valence-electron chi connectivity index (χ2n) is 4.18. The van der Waals surface area contributed by atoms with Crippen LogP contribution in [0.4, 0.5) is 5.69 Å². The van der Waals surface area contributed by atoms with E-state index in [-0.39, 0.29) is 5.69 Å². The third-order valence-corrected chi connectivity index (χ3v) is 2.92. The van der Waals surface area contributed by atoms with Gasteiger partial charge in [-0.05, 0) is 12.1 Å². The Morgan fingerprint density at radius 2 is 1.75 bits per heavy atom. The van der Waals surface area contributed by atoms with E-state index in [1.54, 1.807) is 18.3 Å². The smallest absolute Gasteiger partial charge is 0.371 e. The van der Waals surface area contributed by atoms with Gasteiger partial charge in [0.25, 0.3) is 5.69 Å². The summed E-state index contributed by atoms with van der Waals surface area (Å²) in [6.07, 6.45) is 1.64. The molecular formula is C14H9N2O4+. The first-order valence-electron chi connectivity index (χ1n) is 5.84. The number of rotatable bonds is 2. The monoisotopic (exact) mass is 269 g/mol. The van der Waals surface area contributed by atoms with E-state index in [0.717, 1.165) is 5.39 Å². The third kappa shape index (κ3) is 2.03. The zero-order valence-electron chi connectivity index (χ0n) is 10.2. The molecule has 0 atom stereocenters. The van der Waals surface area contributed by atoms with Gasteiger partial charge >= 0.3 is 5.76 Å². The van der Waals surface area contributed by atoms with Gasteiger partial charge in [0.15, 0.2) is 11.8 Å². The van der Waals surface area contributed by atoms with E-state index in [2.05, 4.69) is 0 Å². The molecule has 0 aliphatic carbocycles. The summed E-state index contributed by atoms with van der Waals surface area (Å²) in [4.78, 5) is 22.0. The lowest BCUT2D eigenvalue weighted by Crippen LogP contribution is -2.46. The molecule has 0 amide bonds. The number of aromatic nitrogens is 1. The van der Waals surface area contributed by atoms with Crippen LogP contribution in [0.25, 0.3) is 16.7 Å². The van der Waals surface area contributed by atoms with Crippen LogP contribution >= 0.6 is 0 Å². The van der Waals surface area contributed by atoms with E-state index in [9.17, 15) is 14.9 Å². The van der Waals surface area contributed by atoms with Crippen molar-refractivity contribution in [1.29, 1.82) is 0 Å². The van der Waals surface area contributed by atoms with Crippen LogP contribution in [0.5, 0.6) is 0 Å². The van der Waals surface area contributed by atoms with Gasteiger partial charge in [-0.2, -0.15) is 4.79 Å². The van der Waals surface area contributed by atoms with Gasteiger partial charge in [0.1, 0.15) is 0 Å². The van der Waals surface area contributed by atoms with Crippen molar-refractivity contribution in [3.8, 4) is 5.69 Å². The Hall–Kier alpha value is -3.02. The van der Waals surface area contributed by atoms with Gasteiger partial charge in [0.05, 0.1) is 10.3 Å². The van der Waals surface area contributed by atoms with Gasteiger partial charge in [0.2, 0.25) is 5.69 Å². The van der Waals surface area contributed by atoms with Crippen molar-refractivity contribution in [2.24, 2.45) is 0 Å². The molecule has 0 aliphatic rings. The lowest BCUT2D eigenvalue weighted by molar-refractivity contribution is -0.623. The van der Waals surface area contributed by atoms with Crippen LogP contribution in [0, 0.1) is 10.1 Å². The molecule has 6 nitrogen and oxygen atoms in total. The second-order valence-corrected chi connectivity index (χ2v) is 4.18. The van der Waals surface area contributed by atoms with E-state index >= 15 is 0 Å². The predicted molar refractivity (Wildman–Crippen MR) is 70.7 cm³/mol. The maximum absolute atomic E-state index is 11.9. The van der Waals surface area contributed by atoms with E-state index < -0.39 is 10.7 Å². The van der Waals surface area contributed by atoms with Gasteiger partial charge < -0.3 is 4.42 Å². The summed E-state index contributed by atoms with van der Waals surface area (Å²) < 4.78 is 6.51. The summed E-state index contributed by atoms with van der Waals surface area (Å²) in [7, 11) is 0. The predicted octanol–water partition coefficient (Wildman–Crippen LogP) is 1.98. The van der Waals surface area contributed by atoms with Gasteiger partial charge in [-0.1, -0.05) is 16.7 Å². The molecule has 2 aromatic carbocycles. The maximum atomic E-state index is 11.9. The Bertz CT molecular complexity index is 853. The van der Waals surface area contributed by atoms with Gasteiger partial charge in [-0.25, -0.2) is 0 Å². The summed E-state index contributed by atoms with van der Waals surface area (Å²) in [5.74, 6) is -0.544. The van der Waals surface area contributed by atoms with Crippen LogP contribution in [-0.2, 0) is 0 Å². The molecule has 0 spiro atoms. The average molecular weight is 269 g/mol. The molecule has 98 valence electrons. The Morgan fingerprint density at radius 1 is 1.05 bits per heavy atom. The first-order chi connectivity index (χ1) is 9.65. The number of para-hydroxylation sites is 1. The highest BCUT2D eigenvalue weighted by Crippen LogP contribution is 2.13. The summed E-state index contributed by atoms with van der Waals surface area (Å²) >= 11 is 0. The number of nitro benzene ring substituents is 1. The quantitative estimate of drug-likeness (QED) is 0.405. The summed E-state index contributed by atoms with van der Waals surface area (Å²) in [5, 5.41) is 11.4. The largest absolute Gasteiger partial charge is 0.608 e. The van der Waals surface area contributed by atoms with Crippen molar-refractivity contribution in [2.45, 2.75) is 0 Å². The highest BCUT2D eigenvalue weighted by Gasteiger charge is 2.16. The van der Waals surface area contributed by atoms with Crippen LogP contribution in [0.3, 0.4) is 0 Å². The number of non-ortho nitro benzene ring substituents is 1. The number of benzene rings is 2. The molecule has 1 aromatic heterocycles. The fraction of sp³-hybridized carbons (Fsp3) is 0. The molecule has 0 fully saturated rings. The standard InChI is InChI=1S/C14H9N2O4/c17-14-15(9-10-3-1-2-4-13(10)20-14)11-5-7-12(8-6-11)16(18)19/h1-9H/q+1. The third-order valence-electron chi connectivity index (χ3n) is 2.92. The second kappa shape index (κ2) is 4.58. The van der Waals surface area contributed by atoms with Crippen LogP contribution in [0.2, 0.25) is 0 Å². The van der Waals surface area contributed by atoms with Crippen LogP contribution in [0.1, 0.15) is 0 Å². The summed E-state index contributed by atoms with van der Waals surface area (Å²) in [5.41, 5.74) is 0.977. The Labute approximate surface area is 112 Å². The fourth-order valence-electron chi connectivity index (χ4n) is 1.93. The fourth-order valence-corrected chi connectivity index (χ4v) is 1.93. The minimum Gasteiger partial charge on any atom is -0.371 e. The molecule has 0 bridgehead atoms. The lowest BCUT2D eigenvalue weighted by atomic mass is 10.2. The molecule has 0 saturated carbocycles. The van der Waals surface area contributed by atoms with E-state index in [1.165, 1.54) is 28.8 Å². The lowest BCUT2D eigenvalue weighted by Gasteiger charge is -1.96. The molecule has 3 rings (SSSR count). The highest BCUT2D eigenvalue weighted by atomic mass is 16.6. The Balaban J connectivity index is 2.16. The Kier molecular flexibility index (Phi) is 2.76. The number of hydrogen-bond acceptors (Lipinski definition) is 4. The SMILES string of the molecule is O=c1oc2ccccc2c[n+]1-c1ccc([N+](=O)[O-])cc1. The van der Waals surface area contributed by atoms with E-state index in [0.29, 0.717) is 11.3 Å². The van der Waals surface area contributed by atoms with Crippen molar-refractivity contribution in [3.63, 3.8) is 0 Å². The topological polar surface area (TPSA) is 77.2 Å². The van der Waals surface area contributed by atoms with Crippen molar-refractivity contribution in [2.75, 3.05) is 0 Å². The molecule has 6 heteroatoms. The molecule has 0 saturated heterocycles. The zero-order chi connectivity index (χ0) is 14.1. The minimum absolute atomic E-state index is 0.0282. The Morgan fingerprint density at radius 3 is 2.45 bits per heavy atom. The first kappa shape index (κ1) is 12.0. The van der Waals surface area contributed by atoms with Crippen LogP contribution < -0.4 is 10.3 Å². The molecule has 1 heterocycles. The van der Waals surface area contributed by atoms with Crippen molar-refractivity contribution >= 4 is 16.7 Å². The van der Waals surface area contributed by atoms with Crippen molar-refractivity contribution < 1.29 is 13.9 Å². The minimum atomic E-state index is -0.544. The highest BCUT2D eigenvalue weighted by molar-refractivity contribution is 5.74. The number of nitrogens with zero attached hydrogens (tertiary/aromatic N) is 2. The van der Waals surface area contributed by atoms with Crippen molar-refractivity contribution in [3.05, 3.63) is 75.4 Å². The van der Waals surface area contributed by atoms with Crippen LogP contribution in [0.15, 0.2) is 63.9 Å². The molecule has 0 radical (unpaired) electrons. The molecule has 0 N–H and O–H groups in total. The summed E-state index contributed by atoms with van der Waals surface area (Å²) in [6, 6.07) is 12.8. The van der Waals surface area contributed by atoms with Gasteiger partial charge in [-0.3, -0.25) is 10.1 Å². The number of fused-ring (bicyclic) bond motifs is 1. The van der Waals surface area contributed by atoms with E-state index in [4.69, 9.17) is 4.42 Å². The number of hydrogen-bond donors (Lipinski definition) is 0. The normalized spacial score (nSPS) is 10.6. The van der Waals surface area contributed by atoms with Crippen LogP contribution in [-0.4, -0.2) is 4.92 Å². The molecule has 0 aliphatic heterocycles. The molecule has 3 aromatic rings. The molecule has 0 unspecified atom stereocenters.